The first-order valence-electron chi connectivity index (χ1n) is 8.88. The summed E-state index contributed by atoms with van der Waals surface area (Å²) in [7, 11) is 3.52. The Balaban J connectivity index is 1.82. The van der Waals surface area contributed by atoms with Crippen molar-refractivity contribution in [2.24, 2.45) is 10.9 Å². The van der Waals surface area contributed by atoms with Crippen molar-refractivity contribution in [2.45, 2.75) is 39.2 Å². The normalized spacial score (nSPS) is 14.5. The Labute approximate surface area is 145 Å². The molecule has 134 valence electrons. The molecule has 1 saturated carbocycles. The van der Waals surface area contributed by atoms with Gasteiger partial charge in [-0.25, -0.2) is 0 Å². The maximum Gasteiger partial charge on any atom is 0.191 e. The number of nitrogens with zero attached hydrogens (tertiary/aromatic N) is 1. The third-order valence-electron chi connectivity index (χ3n) is 4.18. The van der Waals surface area contributed by atoms with Gasteiger partial charge < -0.3 is 20.1 Å². The fourth-order valence-electron chi connectivity index (χ4n) is 2.53. The van der Waals surface area contributed by atoms with Crippen LogP contribution in [0, 0.1) is 12.8 Å². The molecule has 2 rings (SSSR count). The number of aryl methyl sites for hydroxylation is 1. The van der Waals surface area contributed by atoms with Crippen molar-refractivity contribution in [1.82, 2.24) is 10.6 Å². The van der Waals surface area contributed by atoms with Gasteiger partial charge in [-0.2, -0.15) is 0 Å². The number of nitrogens with one attached hydrogen (secondary N) is 2. The first-order chi connectivity index (χ1) is 11.7. The SMILES string of the molecule is CN=C(NCCC1CC1)NCc1ccc(C)cc1OCCCOC. The Kier molecular flexibility index (Phi) is 7.89. The minimum atomic E-state index is 0.665. The van der Waals surface area contributed by atoms with Crippen LogP contribution >= 0.6 is 0 Å². The highest BCUT2D eigenvalue weighted by Crippen LogP contribution is 2.31. The van der Waals surface area contributed by atoms with E-state index in [1.165, 1.54) is 24.8 Å². The van der Waals surface area contributed by atoms with E-state index in [4.69, 9.17) is 9.47 Å². The van der Waals surface area contributed by atoms with Crippen LogP contribution in [-0.2, 0) is 11.3 Å². The van der Waals surface area contributed by atoms with Crippen LogP contribution in [0.1, 0.15) is 36.8 Å². The van der Waals surface area contributed by atoms with Crippen molar-refractivity contribution in [3.05, 3.63) is 29.3 Å². The largest absolute Gasteiger partial charge is 0.493 e. The molecule has 0 amide bonds. The predicted molar refractivity (Wildman–Crippen MR) is 98.7 cm³/mol. The average molecular weight is 333 g/mol. The van der Waals surface area contributed by atoms with Crippen molar-refractivity contribution < 1.29 is 9.47 Å². The van der Waals surface area contributed by atoms with Gasteiger partial charge in [0.15, 0.2) is 5.96 Å². The van der Waals surface area contributed by atoms with Gasteiger partial charge in [-0.1, -0.05) is 25.0 Å². The first-order valence-corrected chi connectivity index (χ1v) is 8.88. The minimum Gasteiger partial charge on any atom is -0.493 e. The molecule has 5 nitrogen and oxygen atoms in total. The number of benzene rings is 1. The van der Waals surface area contributed by atoms with Gasteiger partial charge >= 0.3 is 0 Å². The van der Waals surface area contributed by atoms with Crippen LogP contribution in [0.5, 0.6) is 5.75 Å². The van der Waals surface area contributed by atoms with Crippen molar-refractivity contribution in [2.75, 3.05) is 33.9 Å². The van der Waals surface area contributed by atoms with Crippen molar-refractivity contribution in [1.29, 1.82) is 0 Å². The standard InChI is InChI=1S/C19H31N3O2/c1-15-5-8-17(18(13-15)24-12-4-11-23-3)14-22-19(20-2)21-10-9-16-6-7-16/h5,8,13,16H,4,6-7,9-12,14H2,1-3H3,(H2,20,21,22). The average Bonchev–Trinajstić information content (AvgIpc) is 3.40. The lowest BCUT2D eigenvalue weighted by molar-refractivity contribution is 0.172. The zero-order valence-corrected chi connectivity index (χ0v) is 15.2. The Morgan fingerprint density at radius 2 is 2.08 bits per heavy atom. The highest BCUT2D eigenvalue weighted by molar-refractivity contribution is 5.79. The number of methoxy groups -OCH3 is 1. The highest BCUT2D eigenvalue weighted by Gasteiger charge is 2.20. The number of hydrogen-bond donors (Lipinski definition) is 2. The summed E-state index contributed by atoms with van der Waals surface area (Å²) in [6, 6.07) is 6.32. The summed E-state index contributed by atoms with van der Waals surface area (Å²) in [6.45, 7) is 5.15. The van der Waals surface area contributed by atoms with E-state index in [9.17, 15) is 0 Å². The molecule has 24 heavy (non-hydrogen) atoms. The molecule has 0 heterocycles. The predicted octanol–water partition coefficient (Wildman–Crippen LogP) is 2.88. The fourth-order valence-corrected chi connectivity index (χ4v) is 2.53. The van der Waals surface area contributed by atoms with Crippen LogP contribution in [-0.4, -0.2) is 39.9 Å². The number of ether oxygens (including phenoxy) is 2. The molecule has 0 atom stereocenters. The quantitative estimate of drug-likeness (QED) is 0.393. The number of hydrogen-bond acceptors (Lipinski definition) is 3. The van der Waals surface area contributed by atoms with E-state index in [0.29, 0.717) is 13.2 Å². The molecule has 0 radical (unpaired) electrons. The summed E-state index contributed by atoms with van der Waals surface area (Å²) >= 11 is 0. The highest BCUT2D eigenvalue weighted by atomic mass is 16.5. The molecule has 0 unspecified atom stereocenters. The van der Waals surface area contributed by atoms with Gasteiger partial charge in [0, 0.05) is 45.8 Å². The van der Waals surface area contributed by atoms with Gasteiger partial charge in [0.05, 0.1) is 6.61 Å². The smallest absolute Gasteiger partial charge is 0.191 e. The van der Waals surface area contributed by atoms with Gasteiger partial charge in [0.25, 0.3) is 0 Å². The van der Waals surface area contributed by atoms with Gasteiger partial charge in [0.2, 0.25) is 0 Å². The number of aliphatic imine (C=N–C) groups is 1. The summed E-state index contributed by atoms with van der Waals surface area (Å²) in [5, 5.41) is 6.76. The third-order valence-corrected chi connectivity index (χ3v) is 4.18. The van der Waals surface area contributed by atoms with Crippen LogP contribution in [0.2, 0.25) is 0 Å². The van der Waals surface area contributed by atoms with Gasteiger partial charge in [-0.05, 0) is 30.9 Å². The molecule has 1 aromatic carbocycles. The van der Waals surface area contributed by atoms with Crippen LogP contribution in [0.4, 0.5) is 0 Å². The Hall–Kier alpha value is -1.75. The van der Waals surface area contributed by atoms with E-state index < -0.39 is 0 Å². The lowest BCUT2D eigenvalue weighted by Gasteiger charge is -2.15. The van der Waals surface area contributed by atoms with Crippen molar-refractivity contribution in [3.63, 3.8) is 0 Å². The second-order valence-corrected chi connectivity index (χ2v) is 6.39. The van der Waals surface area contributed by atoms with E-state index in [1.54, 1.807) is 7.11 Å². The van der Waals surface area contributed by atoms with E-state index in [1.807, 2.05) is 7.05 Å². The lowest BCUT2D eigenvalue weighted by atomic mass is 10.1. The maximum atomic E-state index is 5.93. The molecule has 2 N–H and O–H groups in total. The minimum absolute atomic E-state index is 0.665. The van der Waals surface area contributed by atoms with Gasteiger partial charge in [-0.3, -0.25) is 4.99 Å². The number of rotatable bonds is 10. The first kappa shape index (κ1) is 18.6. The lowest BCUT2D eigenvalue weighted by Crippen LogP contribution is -2.37. The van der Waals surface area contributed by atoms with Crippen molar-refractivity contribution >= 4 is 5.96 Å². The van der Waals surface area contributed by atoms with E-state index in [2.05, 4.69) is 40.7 Å². The van der Waals surface area contributed by atoms with E-state index >= 15 is 0 Å². The van der Waals surface area contributed by atoms with E-state index in [0.717, 1.165) is 42.8 Å². The molecule has 5 heteroatoms. The summed E-state index contributed by atoms with van der Waals surface area (Å²) < 4.78 is 11.0. The molecule has 0 bridgehead atoms. The second-order valence-electron chi connectivity index (χ2n) is 6.39. The molecule has 1 aliphatic carbocycles. The summed E-state index contributed by atoms with van der Waals surface area (Å²) in [6.07, 6.45) is 4.91. The zero-order valence-electron chi connectivity index (χ0n) is 15.2. The molecule has 0 aromatic heterocycles. The van der Waals surface area contributed by atoms with Gasteiger partial charge in [-0.15, -0.1) is 0 Å². The Morgan fingerprint density at radius 3 is 2.79 bits per heavy atom. The molecule has 0 aliphatic heterocycles. The van der Waals surface area contributed by atoms with Crippen LogP contribution in [0.25, 0.3) is 0 Å². The number of guanidine groups is 1. The summed E-state index contributed by atoms with van der Waals surface area (Å²) in [5.41, 5.74) is 2.34. The molecule has 0 saturated heterocycles. The molecule has 1 fully saturated rings. The maximum absolute atomic E-state index is 5.93. The Morgan fingerprint density at radius 1 is 1.25 bits per heavy atom. The fraction of sp³-hybridized carbons (Fsp3) is 0.632. The molecular formula is C19H31N3O2. The van der Waals surface area contributed by atoms with Crippen molar-refractivity contribution in [3.8, 4) is 5.75 Å². The summed E-state index contributed by atoms with van der Waals surface area (Å²) in [4.78, 5) is 4.29. The topological polar surface area (TPSA) is 54.9 Å². The Bertz CT molecular complexity index is 527. The molecule has 1 aromatic rings. The van der Waals surface area contributed by atoms with E-state index in [-0.39, 0.29) is 0 Å². The van der Waals surface area contributed by atoms with Crippen LogP contribution < -0.4 is 15.4 Å². The monoisotopic (exact) mass is 333 g/mol. The van der Waals surface area contributed by atoms with Gasteiger partial charge in [0.1, 0.15) is 5.75 Å². The molecule has 0 spiro atoms. The molecular weight excluding hydrogens is 302 g/mol. The summed E-state index contributed by atoms with van der Waals surface area (Å²) in [5.74, 6) is 2.72. The third kappa shape index (κ3) is 6.79. The van der Waals surface area contributed by atoms with Crippen LogP contribution in [0.15, 0.2) is 23.2 Å². The second kappa shape index (κ2) is 10.2. The molecule has 1 aliphatic rings. The zero-order chi connectivity index (χ0) is 17.2. The van der Waals surface area contributed by atoms with Crippen LogP contribution in [0.3, 0.4) is 0 Å².